The largest absolute Gasteiger partial charge is 0.464 e. The molecule has 2 heterocycles. The summed E-state index contributed by atoms with van der Waals surface area (Å²) in [5.74, 6) is 0.0387. The maximum atomic E-state index is 13.1. The summed E-state index contributed by atoms with van der Waals surface area (Å²) in [7, 11) is -3.41. The van der Waals surface area contributed by atoms with Gasteiger partial charge in [-0.25, -0.2) is 8.42 Å². The molecule has 0 unspecified atom stereocenters. The number of carbonyl (C=O) groups is 1. The zero-order valence-corrected chi connectivity index (χ0v) is 17.5. The molecule has 0 spiro atoms. The summed E-state index contributed by atoms with van der Waals surface area (Å²) >= 11 is 0. The molecule has 0 atom stereocenters. The maximum absolute atomic E-state index is 13.1. The lowest BCUT2D eigenvalue weighted by atomic mass is 10.0. The van der Waals surface area contributed by atoms with E-state index in [1.807, 2.05) is 50.2 Å². The van der Waals surface area contributed by atoms with E-state index in [-0.39, 0.29) is 11.8 Å². The second kappa shape index (κ2) is 7.67. The van der Waals surface area contributed by atoms with Crippen LogP contribution in [0.4, 0.5) is 0 Å². The standard InChI is InChI=1S/C23H25NO4S/c1-16(2)23(25)24-12-9-21(10-13-24)29(26,27)20-6-3-17(4-7-20)18-5-8-22-19(15-18)11-14-28-22/h3-8,11,14-16,21H,9-10,12-13H2,1-2H3. The van der Waals surface area contributed by atoms with Gasteiger partial charge in [0, 0.05) is 24.4 Å². The van der Waals surface area contributed by atoms with Crippen LogP contribution in [0.3, 0.4) is 0 Å². The van der Waals surface area contributed by atoms with Crippen molar-refractivity contribution in [3.8, 4) is 11.1 Å². The Morgan fingerprint density at radius 2 is 1.66 bits per heavy atom. The molecule has 1 amide bonds. The molecule has 6 heteroatoms. The highest BCUT2D eigenvalue weighted by molar-refractivity contribution is 7.92. The number of fused-ring (bicyclic) bond motifs is 1. The van der Waals surface area contributed by atoms with Crippen LogP contribution >= 0.6 is 0 Å². The van der Waals surface area contributed by atoms with E-state index in [1.165, 1.54) is 0 Å². The number of hydrogen-bond donors (Lipinski definition) is 0. The zero-order chi connectivity index (χ0) is 20.6. The summed E-state index contributed by atoms with van der Waals surface area (Å²) in [5.41, 5.74) is 2.81. The van der Waals surface area contributed by atoms with Crippen molar-refractivity contribution in [2.75, 3.05) is 13.1 Å². The Hall–Kier alpha value is -2.60. The van der Waals surface area contributed by atoms with Crippen molar-refractivity contribution < 1.29 is 17.6 Å². The average Bonchev–Trinajstić information content (AvgIpc) is 3.21. The van der Waals surface area contributed by atoms with Crippen molar-refractivity contribution in [2.24, 2.45) is 5.92 Å². The van der Waals surface area contributed by atoms with Crippen molar-refractivity contribution in [1.82, 2.24) is 4.90 Å². The lowest BCUT2D eigenvalue weighted by Gasteiger charge is -2.32. The van der Waals surface area contributed by atoms with Crippen LogP contribution in [0.15, 0.2) is 64.1 Å². The molecule has 3 aromatic rings. The van der Waals surface area contributed by atoms with Crippen molar-refractivity contribution in [3.05, 3.63) is 54.8 Å². The molecule has 0 N–H and O–H groups in total. The molecule has 1 aliphatic rings. The second-order valence-electron chi connectivity index (χ2n) is 7.92. The fourth-order valence-electron chi connectivity index (χ4n) is 3.93. The first-order valence-corrected chi connectivity index (χ1v) is 11.5. The average molecular weight is 412 g/mol. The molecule has 2 aromatic carbocycles. The first-order valence-electron chi connectivity index (χ1n) is 9.96. The van der Waals surface area contributed by atoms with Crippen LogP contribution in [0, 0.1) is 5.92 Å². The fraction of sp³-hybridized carbons (Fsp3) is 0.348. The summed E-state index contributed by atoms with van der Waals surface area (Å²) in [5, 5.41) is 0.578. The van der Waals surface area contributed by atoms with Crippen molar-refractivity contribution in [2.45, 2.75) is 36.8 Å². The van der Waals surface area contributed by atoms with Crippen LogP contribution < -0.4 is 0 Å². The molecule has 0 aliphatic carbocycles. The van der Waals surface area contributed by atoms with Gasteiger partial charge >= 0.3 is 0 Å². The summed E-state index contributed by atoms with van der Waals surface area (Å²) in [6.07, 6.45) is 2.63. The lowest BCUT2D eigenvalue weighted by molar-refractivity contribution is -0.135. The van der Waals surface area contributed by atoms with Crippen molar-refractivity contribution in [1.29, 1.82) is 0 Å². The van der Waals surface area contributed by atoms with E-state index in [4.69, 9.17) is 4.42 Å². The molecule has 1 saturated heterocycles. The van der Waals surface area contributed by atoms with Gasteiger partial charge in [0.1, 0.15) is 5.58 Å². The van der Waals surface area contributed by atoms with Gasteiger partial charge in [-0.15, -0.1) is 0 Å². The second-order valence-corrected chi connectivity index (χ2v) is 10.2. The molecule has 1 aliphatic heterocycles. The minimum atomic E-state index is -3.41. The van der Waals surface area contributed by atoms with Gasteiger partial charge in [-0.1, -0.05) is 32.0 Å². The van der Waals surface area contributed by atoms with Crippen molar-refractivity contribution >= 4 is 26.7 Å². The van der Waals surface area contributed by atoms with Crippen LogP contribution in [-0.4, -0.2) is 37.6 Å². The van der Waals surface area contributed by atoms with E-state index < -0.39 is 15.1 Å². The highest BCUT2D eigenvalue weighted by Crippen LogP contribution is 2.29. The van der Waals surface area contributed by atoms with Gasteiger partial charge in [0.15, 0.2) is 9.84 Å². The minimum absolute atomic E-state index is 0.0584. The van der Waals surface area contributed by atoms with Gasteiger partial charge in [-0.2, -0.15) is 0 Å². The molecule has 5 nitrogen and oxygen atoms in total. The minimum Gasteiger partial charge on any atom is -0.464 e. The Bertz CT molecular complexity index is 1120. The van der Waals surface area contributed by atoms with Crippen molar-refractivity contribution in [3.63, 3.8) is 0 Å². The Morgan fingerprint density at radius 3 is 2.31 bits per heavy atom. The molecule has 1 fully saturated rings. The number of amides is 1. The number of sulfone groups is 1. The van der Waals surface area contributed by atoms with Crippen LogP contribution in [0.5, 0.6) is 0 Å². The Balaban J connectivity index is 1.50. The number of piperidine rings is 1. The molecular weight excluding hydrogens is 386 g/mol. The van der Waals surface area contributed by atoms with E-state index >= 15 is 0 Å². The summed E-state index contributed by atoms with van der Waals surface area (Å²) < 4.78 is 31.5. The normalized spacial score (nSPS) is 15.9. The Kier molecular flexibility index (Phi) is 5.21. The van der Waals surface area contributed by atoms with Gasteiger partial charge in [0.2, 0.25) is 5.91 Å². The van der Waals surface area contributed by atoms with Crippen LogP contribution in [0.1, 0.15) is 26.7 Å². The number of hydrogen-bond acceptors (Lipinski definition) is 4. The smallest absolute Gasteiger partial charge is 0.225 e. The quantitative estimate of drug-likeness (QED) is 0.633. The van der Waals surface area contributed by atoms with Gasteiger partial charge in [-0.05, 0) is 54.3 Å². The van der Waals surface area contributed by atoms with Gasteiger partial charge < -0.3 is 9.32 Å². The number of benzene rings is 2. The Labute approximate surface area is 171 Å². The number of carbonyl (C=O) groups excluding carboxylic acids is 1. The topological polar surface area (TPSA) is 67.6 Å². The summed E-state index contributed by atoms with van der Waals surface area (Å²) in [4.78, 5) is 14.3. The van der Waals surface area contributed by atoms with E-state index in [0.717, 1.165) is 22.1 Å². The van der Waals surface area contributed by atoms with Crippen LogP contribution in [-0.2, 0) is 14.6 Å². The molecule has 0 saturated carbocycles. The fourth-order valence-corrected chi connectivity index (χ4v) is 5.66. The number of likely N-dealkylation sites (tertiary alicyclic amines) is 1. The number of nitrogens with zero attached hydrogens (tertiary/aromatic N) is 1. The predicted octanol–water partition coefficient (Wildman–Crippen LogP) is 4.52. The molecular formula is C23H25NO4S. The molecule has 4 rings (SSSR count). The molecule has 0 radical (unpaired) electrons. The molecule has 29 heavy (non-hydrogen) atoms. The molecule has 152 valence electrons. The van der Waals surface area contributed by atoms with Gasteiger partial charge in [0.25, 0.3) is 0 Å². The van der Waals surface area contributed by atoms with E-state index in [1.54, 1.807) is 23.3 Å². The first kappa shape index (κ1) is 19.7. The molecule has 1 aromatic heterocycles. The molecule has 0 bridgehead atoms. The third-order valence-electron chi connectivity index (χ3n) is 5.65. The Morgan fingerprint density at radius 1 is 1.00 bits per heavy atom. The van der Waals surface area contributed by atoms with Gasteiger partial charge in [-0.3, -0.25) is 4.79 Å². The predicted molar refractivity (Wildman–Crippen MR) is 113 cm³/mol. The third kappa shape index (κ3) is 3.81. The SMILES string of the molecule is CC(C)C(=O)N1CCC(S(=O)(=O)c2ccc(-c3ccc4occc4c3)cc2)CC1. The number of furan rings is 1. The third-order valence-corrected chi connectivity index (χ3v) is 7.93. The van der Waals surface area contributed by atoms with Crippen LogP contribution in [0.2, 0.25) is 0 Å². The van der Waals surface area contributed by atoms with E-state index in [2.05, 4.69) is 0 Å². The van der Waals surface area contributed by atoms with Gasteiger partial charge in [0.05, 0.1) is 16.4 Å². The van der Waals surface area contributed by atoms with E-state index in [9.17, 15) is 13.2 Å². The highest BCUT2D eigenvalue weighted by Gasteiger charge is 2.33. The highest BCUT2D eigenvalue weighted by atomic mass is 32.2. The lowest BCUT2D eigenvalue weighted by Crippen LogP contribution is -2.44. The van der Waals surface area contributed by atoms with E-state index in [0.29, 0.717) is 30.8 Å². The summed E-state index contributed by atoms with van der Waals surface area (Å²) in [6, 6.07) is 14.9. The summed E-state index contributed by atoms with van der Waals surface area (Å²) in [6.45, 7) is 4.75. The van der Waals surface area contributed by atoms with Crippen LogP contribution in [0.25, 0.3) is 22.1 Å². The maximum Gasteiger partial charge on any atom is 0.225 e. The zero-order valence-electron chi connectivity index (χ0n) is 16.7. The monoisotopic (exact) mass is 411 g/mol. The first-order chi connectivity index (χ1) is 13.9. The number of rotatable bonds is 4.